The molecule has 3 heteroatoms. The standard InChI is InChI=1S/C4H9NO2/c1-4(2)7-5(3)6/h4H,3H2,1-2H3. The van der Waals surface area contributed by atoms with E-state index in [9.17, 15) is 5.21 Å². The van der Waals surface area contributed by atoms with Crippen molar-refractivity contribution < 1.29 is 9.74 Å². The Balaban J connectivity index is 3.13. The third-order valence-corrected chi connectivity index (χ3v) is 0.328. The third kappa shape index (κ3) is 5.27. The molecule has 0 spiro atoms. The van der Waals surface area contributed by atoms with Gasteiger partial charge in [0.25, 0.3) is 0 Å². The number of hydrogen-bond acceptors (Lipinski definition) is 2. The van der Waals surface area contributed by atoms with Gasteiger partial charge in [-0.2, -0.15) is 0 Å². The van der Waals surface area contributed by atoms with E-state index < -0.39 is 0 Å². The molecule has 0 aromatic heterocycles. The second kappa shape index (κ2) is 2.44. The topological polar surface area (TPSA) is 35.3 Å². The summed E-state index contributed by atoms with van der Waals surface area (Å²) in [6, 6.07) is 0. The van der Waals surface area contributed by atoms with Gasteiger partial charge in [-0.25, -0.2) is 0 Å². The lowest BCUT2D eigenvalue weighted by molar-refractivity contribution is -0.745. The molecule has 3 nitrogen and oxygen atoms in total. The molecule has 0 saturated heterocycles. The molecule has 0 bridgehead atoms. The van der Waals surface area contributed by atoms with Crippen molar-refractivity contribution in [1.82, 2.24) is 0 Å². The average Bonchev–Trinajstić information content (AvgIpc) is 1.27. The molecule has 0 rings (SSSR count). The fourth-order valence-corrected chi connectivity index (χ4v) is 0.235. The maximum atomic E-state index is 9.84. The molecule has 0 aromatic rings. The maximum absolute atomic E-state index is 9.84. The highest BCUT2D eigenvalue weighted by molar-refractivity contribution is 5.13. The van der Waals surface area contributed by atoms with E-state index in [1.165, 1.54) is 0 Å². The van der Waals surface area contributed by atoms with E-state index >= 15 is 0 Å². The molecule has 0 aromatic carbocycles. The maximum Gasteiger partial charge on any atom is 0.198 e. The second-order valence-corrected chi connectivity index (χ2v) is 1.49. The zero-order chi connectivity index (χ0) is 5.86. The first kappa shape index (κ1) is 6.27. The Kier molecular flexibility index (Phi) is 2.19. The highest BCUT2D eigenvalue weighted by Crippen LogP contribution is 1.83. The molecule has 7 heavy (non-hydrogen) atoms. The molecular weight excluding hydrogens is 94.0 g/mol. The predicted octanol–water partition coefficient (Wildman–Crippen LogP) is 0.537. The van der Waals surface area contributed by atoms with Gasteiger partial charge in [0.05, 0.1) is 6.10 Å². The summed E-state index contributed by atoms with van der Waals surface area (Å²) < 4.78 is 0. The van der Waals surface area contributed by atoms with Gasteiger partial charge >= 0.3 is 0 Å². The first-order valence-corrected chi connectivity index (χ1v) is 2.07. The Bertz CT molecular complexity index is 70.1. The molecule has 0 saturated carbocycles. The van der Waals surface area contributed by atoms with Crippen LogP contribution in [0.3, 0.4) is 0 Å². The van der Waals surface area contributed by atoms with Crippen molar-refractivity contribution in [3.63, 3.8) is 0 Å². The average molecular weight is 103 g/mol. The van der Waals surface area contributed by atoms with E-state index in [2.05, 4.69) is 11.6 Å². The zero-order valence-electron chi connectivity index (χ0n) is 4.55. The Morgan fingerprint density at radius 3 is 2.14 bits per heavy atom. The normalized spacial score (nSPS) is 9.00. The number of hydrogen-bond donors (Lipinski definition) is 0. The van der Waals surface area contributed by atoms with Crippen molar-refractivity contribution in [1.29, 1.82) is 0 Å². The molecule has 0 heterocycles. The SMILES string of the molecule is C=[N+]([O-])OC(C)C. The summed E-state index contributed by atoms with van der Waals surface area (Å²) in [6.45, 7) is 6.45. The number of nitrogens with zero attached hydrogens (tertiary/aromatic N) is 1. The lowest BCUT2D eigenvalue weighted by Gasteiger charge is -2.06. The van der Waals surface area contributed by atoms with Crippen LogP contribution in [0.4, 0.5) is 0 Å². The van der Waals surface area contributed by atoms with E-state index in [1.54, 1.807) is 13.8 Å². The largest absolute Gasteiger partial charge is 0.401 e. The first-order chi connectivity index (χ1) is 3.13. The van der Waals surface area contributed by atoms with Crippen LogP contribution in [-0.2, 0) is 4.84 Å². The molecule has 42 valence electrons. The van der Waals surface area contributed by atoms with Gasteiger partial charge in [0.1, 0.15) is 0 Å². The smallest absolute Gasteiger partial charge is 0.198 e. The molecule has 0 aliphatic rings. The fraction of sp³-hybridized carbons (Fsp3) is 0.750. The van der Waals surface area contributed by atoms with Crippen molar-refractivity contribution in [3.05, 3.63) is 5.21 Å². The zero-order valence-corrected chi connectivity index (χ0v) is 4.55. The van der Waals surface area contributed by atoms with E-state index in [0.717, 1.165) is 0 Å². The van der Waals surface area contributed by atoms with Gasteiger partial charge in [-0.3, -0.25) is 5.21 Å². The molecule has 0 aliphatic carbocycles. The molecule has 0 fully saturated rings. The van der Waals surface area contributed by atoms with Crippen molar-refractivity contribution in [2.45, 2.75) is 20.0 Å². The summed E-state index contributed by atoms with van der Waals surface area (Å²) >= 11 is 0. The van der Waals surface area contributed by atoms with E-state index in [0.29, 0.717) is 0 Å². The van der Waals surface area contributed by atoms with Gasteiger partial charge in [0.2, 0.25) is 0 Å². The first-order valence-electron chi connectivity index (χ1n) is 2.07. The van der Waals surface area contributed by atoms with Gasteiger partial charge in [-0.05, 0) is 13.8 Å². The predicted molar refractivity (Wildman–Crippen MR) is 27.0 cm³/mol. The molecule has 0 radical (unpaired) electrons. The van der Waals surface area contributed by atoms with Crippen LogP contribution in [0.25, 0.3) is 0 Å². The third-order valence-electron chi connectivity index (χ3n) is 0.328. The monoisotopic (exact) mass is 103 g/mol. The van der Waals surface area contributed by atoms with Crippen LogP contribution in [-0.4, -0.2) is 17.7 Å². The van der Waals surface area contributed by atoms with E-state index in [4.69, 9.17) is 0 Å². The van der Waals surface area contributed by atoms with Crippen molar-refractivity contribution in [3.8, 4) is 0 Å². The molecule has 0 atom stereocenters. The highest BCUT2D eigenvalue weighted by atomic mass is 16.9. The van der Waals surface area contributed by atoms with Crippen LogP contribution in [0, 0.1) is 5.21 Å². The Labute approximate surface area is 42.8 Å². The summed E-state index contributed by atoms with van der Waals surface area (Å²) in [5.74, 6) is 0. The quantitative estimate of drug-likeness (QED) is 0.290. The summed E-state index contributed by atoms with van der Waals surface area (Å²) in [5, 5.41) is 9.84. The Morgan fingerprint density at radius 2 is 2.14 bits per heavy atom. The minimum Gasteiger partial charge on any atom is -0.401 e. The lowest BCUT2D eigenvalue weighted by Crippen LogP contribution is -2.09. The fourth-order valence-electron chi connectivity index (χ4n) is 0.235. The minimum absolute atomic E-state index is 0.0741. The Morgan fingerprint density at radius 1 is 1.71 bits per heavy atom. The van der Waals surface area contributed by atoms with Gasteiger partial charge in [-0.15, -0.1) is 0 Å². The number of rotatable bonds is 2. The summed E-state index contributed by atoms with van der Waals surface area (Å²) in [6.07, 6.45) is -0.0741. The van der Waals surface area contributed by atoms with E-state index in [1.807, 2.05) is 0 Å². The van der Waals surface area contributed by atoms with Crippen LogP contribution < -0.4 is 0 Å². The van der Waals surface area contributed by atoms with Gasteiger partial charge in [-0.1, -0.05) is 0 Å². The lowest BCUT2D eigenvalue weighted by atomic mass is 10.5. The van der Waals surface area contributed by atoms with E-state index in [-0.39, 0.29) is 11.0 Å². The second-order valence-electron chi connectivity index (χ2n) is 1.49. The minimum atomic E-state index is -0.0741. The van der Waals surface area contributed by atoms with Crippen LogP contribution in [0.1, 0.15) is 13.8 Å². The van der Waals surface area contributed by atoms with Gasteiger partial charge in [0.15, 0.2) is 6.72 Å². The van der Waals surface area contributed by atoms with Gasteiger partial charge < -0.3 is 4.84 Å². The van der Waals surface area contributed by atoms with Crippen LogP contribution in [0.5, 0.6) is 0 Å². The summed E-state index contributed by atoms with van der Waals surface area (Å²) in [5.41, 5.74) is 0. The highest BCUT2D eigenvalue weighted by Gasteiger charge is 1.87. The van der Waals surface area contributed by atoms with Crippen molar-refractivity contribution in [2.75, 3.05) is 0 Å². The molecule has 0 unspecified atom stereocenters. The molecule has 0 N–H and O–H groups in total. The molecule has 0 aliphatic heterocycles. The Hall–Kier alpha value is -0.730. The molecular formula is C4H9NO2. The summed E-state index contributed by atoms with van der Waals surface area (Å²) in [7, 11) is 0. The van der Waals surface area contributed by atoms with Crippen molar-refractivity contribution >= 4 is 6.72 Å². The van der Waals surface area contributed by atoms with Crippen LogP contribution in [0.15, 0.2) is 0 Å². The van der Waals surface area contributed by atoms with Crippen molar-refractivity contribution in [2.24, 2.45) is 0 Å². The van der Waals surface area contributed by atoms with Gasteiger partial charge in [0, 0.05) is 4.90 Å². The van der Waals surface area contributed by atoms with Crippen LogP contribution in [0.2, 0.25) is 0 Å². The summed E-state index contributed by atoms with van der Waals surface area (Å²) in [4.78, 5) is 4.62. The molecule has 0 amide bonds. The van der Waals surface area contributed by atoms with Crippen LogP contribution >= 0.6 is 0 Å².